The number of hydrogen-bond donors (Lipinski definition) is 4. The van der Waals surface area contributed by atoms with E-state index in [-0.39, 0.29) is 11.3 Å². The van der Waals surface area contributed by atoms with E-state index in [0.29, 0.717) is 5.69 Å². The number of hydrogen-bond acceptors (Lipinski definition) is 4. The number of sulfonamides is 1. The van der Waals surface area contributed by atoms with Gasteiger partial charge in [-0.15, -0.1) is 0 Å². The smallest absolute Gasteiger partial charge is 0.312 e. The summed E-state index contributed by atoms with van der Waals surface area (Å²) in [5, 5.41) is 10.0. The molecule has 0 spiro atoms. The molecular weight excluding hydrogens is 344 g/mol. The Morgan fingerprint density at radius 2 is 1.60 bits per heavy atom. The lowest BCUT2D eigenvalue weighted by Crippen LogP contribution is -2.47. The quantitative estimate of drug-likeness (QED) is 0.594. The summed E-state index contributed by atoms with van der Waals surface area (Å²) in [6.45, 7) is 0. The Balaban J connectivity index is 2.12. The van der Waals surface area contributed by atoms with Crippen LogP contribution in [0.15, 0.2) is 59.5 Å². The highest BCUT2D eigenvalue weighted by Crippen LogP contribution is 2.13. The van der Waals surface area contributed by atoms with Gasteiger partial charge in [0.25, 0.3) is 0 Å². The van der Waals surface area contributed by atoms with Crippen molar-refractivity contribution in [3.63, 3.8) is 0 Å². The van der Waals surface area contributed by atoms with Crippen molar-refractivity contribution in [3.05, 3.63) is 60.2 Å². The van der Waals surface area contributed by atoms with Gasteiger partial charge in [-0.3, -0.25) is 4.79 Å². The first-order valence-electron chi connectivity index (χ1n) is 7.29. The van der Waals surface area contributed by atoms with Gasteiger partial charge >= 0.3 is 6.03 Å². The summed E-state index contributed by atoms with van der Waals surface area (Å²) in [5.74, 6) is -0.481. The summed E-state index contributed by atoms with van der Waals surface area (Å²) >= 11 is 0. The summed E-state index contributed by atoms with van der Waals surface area (Å²) in [5.41, 5.74) is 6.35. The molecule has 0 aliphatic rings. The zero-order chi connectivity index (χ0) is 18.4. The van der Waals surface area contributed by atoms with Crippen molar-refractivity contribution in [1.29, 1.82) is 0 Å². The van der Waals surface area contributed by atoms with Crippen molar-refractivity contribution >= 4 is 27.6 Å². The Kier molecular flexibility index (Phi) is 5.73. The van der Waals surface area contributed by atoms with E-state index in [1.54, 1.807) is 0 Å². The second kappa shape index (κ2) is 7.77. The minimum atomic E-state index is -3.81. The normalized spacial score (nSPS) is 12.2. The second-order valence-corrected chi connectivity index (χ2v) is 6.87. The van der Waals surface area contributed by atoms with Crippen molar-refractivity contribution in [2.75, 3.05) is 5.32 Å². The highest BCUT2D eigenvalue weighted by molar-refractivity contribution is 7.89. The van der Waals surface area contributed by atoms with Crippen LogP contribution in [0.5, 0.6) is 0 Å². The van der Waals surface area contributed by atoms with Gasteiger partial charge in [0.05, 0.1) is 4.90 Å². The first-order chi connectivity index (χ1) is 11.8. The van der Waals surface area contributed by atoms with Crippen LogP contribution in [0, 0.1) is 0 Å². The molecule has 0 saturated heterocycles. The van der Waals surface area contributed by atoms with Crippen molar-refractivity contribution in [3.8, 4) is 0 Å². The number of primary sulfonamides is 1. The molecule has 0 bridgehead atoms. The van der Waals surface area contributed by atoms with Crippen LogP contribution in [0.2, 0.25) is 0 Å². The van der Waals surface area contributed by atoms with Gasteiger partial charge in [0, 0.05) is 12.1 Å². The van der Waals surface area contributed by atoms with E-state index in [9.17, 15) is 18.0 Å². The number of primary amides is 1. The fraction of sp³-hybridized carbons (Fsp3) is 0.125. The topological polar surface area (TPSA) is 144 Å². The van der Waals surface area contributed by atoms with Gasteiger partial charge in [-0.1, -0.05) is 30.3 Å². The Morgan fingerprint density at radius 3 is 2.12 bits per heavy atom. The average molecular weight is 362 g/mol. The molecule has 132 valence electrons. The molecule has 0 saturated carbocycles. The molecule has 2 aromatic rings. The Hall–Kier alpha value is -2.91. The summed E-state index contributed by atoms with van der Waals surface area (Å²) in [4.78, 5) is 23.5. The number of amides is 3. The van der Waals surface area contributed by atoms with Crippen LogP contribution in [0.3, 0.4) is 0 Å². The molecule has 0 unspecified atom stereocenters. The van der Waals surface area contributed by atoms with E-state index in [1.165, 1.54) is 24.3 Å². The molecule has 9 heteroatoms. The van der Waals surface area contributed by atoms with Gasteiger partial charge in [-0.05, 0) is 29.8 Å². The van der Waals surface area contributed by atoms with E-state index in [4.69, 9.17) is 10.9 Å². The summed E-state index contributed by atoms with van der Waals surface area (Å²) < 4.78 is 22.5. The monoisotopic (exact) mass is 362 g/mol. The molecular formula is C16H18N4O4S. The molecule has 0 aliphatic heterocycles. The van der Waals surface area contributed by atoms with Crippen molar-refractivity contribution in [1.82, 2.24) is 5.32 Å². The van der Waals surface area contributed by atoms with Gasteiger partial charge in [-0.2, -0.15) is 0 Å². The van der Waals surface area contributed by atoms with Gasteiger partial charge in [0.1, 0.15) is 6.04 Å². The third kappa shape index (κ3) is 5.59. The highest BCUT2D eigenvalue weighted by Gasteiger charge is 2.20. The molecule has 0 aromatic heterocycles. The number of nitrogens with two attached hydrogens (primary N) is 2. The highest BCUT2D eigenvalue weighted by atomic mass is 32.2. The van der Waals surface area contributed by atoms with E-state index >= 15 is 0 Å². The summed E-state index contributed by atoms with van der Waals surface area (Å²) in [6, 6.07) is 12.8. The molecule has 25 heavy (non-hydrogen) atoms. The lowest BCUT2D eigenvalue weighted by Gasteiger charge is -2.17. The minimum absolute atomic E-state index is 0.0680. The minimum Gasteiger partial charge on any atom is -0.352 e. The zero-order valence-electron chi connectivity index (χ0n) is 13.2. The molecule has 1 atom stereocenters. The first-order valence-corrected chi connectivity index (χ1v) is 8.84. The number of anilines is 1. The predicted octanol–water partition coefficient (Wildman–Crippen LogP) is 0.552. The van der Waals surface area contributed by atoms with E-state index in [2.05, 4.69) is 10.6 Å². The fourth-order valence-electron chi connectivity index (χ4n) is 2.19. The Bertz CT molecular complexity index is 851. The third-order valence-corrected chi connectivity index (χ3v) is 4.30. The Morgan fingerprint density at radius 1 is 1.00 bits per heavy atom. The van der Waals surface area contributed by atoms with Crippen molar-refractivity contribution in [2.45, 2.75) is 17.4 Å². The number of nitrogens with one attached hydrogen (secondary N) is 2. The SMILES string of the molecule is NC(=O)N[C@@H](Cc1ccccc1)C(=O)Nc1ccc(S(N)(=O)=O)cc1. The molecule has 2 aromatic carbocycles. The van der Waals surface area contributed by atoms with E-state index < -0.39 is 28.0 Å². The molecule has 6 N–H and O–H groups in total. The molecule has 2 rings (SSSR count). The van der Waals surface area contributed by atoms with Crippen LogP contribution in [-0.2, 0) is 21.2 Å². The maximum atomic E-state index is 12.4. The van der Waals surface area contributed by atoms with Crippen LogP contribution in [0.4, 0.5) is 10.5 Å². The molecule has 3 amide bonds. The van der Waals surface area contributed by atoms with E-state index in [1.807, 2.05) is 30.3 Å². The number of carbonyl (C=O) groups excluding carboxylic acids is 2. The number of benzene rings is 2. The van der Waals surface area contributed by atoms with Crippen LogP contribution >= 0.6 is 0 Å². The third-order valence-electron chi connectivity index (χ3n) is 3.37. The molecule has 0 radical (unpaired) electrons. The van der Waals surface area contributed by atoms with Gasteiger partial charge in [0.15, 0.2) is 0 Å². The van der Waals surface area contributed by atoms with Gasteiger partial charge in [0.2, 0.25) is 15.9 Å². The lowest BCUT2D eigenvalue weighted by molar-refractivity contribution is -0.117. The molecule has 0 fully saturated rings. The maximum Gasteiger partial charge on any atom is 0.312 e. The van der Waals surface area contributed by atoms with Crippen LogP contribution < -0.4 is 21.5 Å². The summed E-state index contributed by atoms with van der Waals surface area (Å²) in [7, 11) is -3.81. The molecule has 8 nitrogen and oxygen atoms in total. The first kappa shape index (κ1) is 18.4. The second-order valence-electron chi connectivity index (χ2n) is 5.31. The Labute approximate surface area is 145 Å². The van der Waals surface area contributed by atoms with Gasteiger partial charge < -0.3 is 16.4 Å². The van der Waals surface area contributed by atoms with E-state index in [0.717, 1.165) is 5.56 Å². The predicted molar refractivity (Wildman–Crippen MR) is 93.1 cm³/mol. The summed E-state index contributed by atoms with van der Waals surface area (Å²) in [6.07, 6.45) is 0.255. The van der Waals surface area contributed by atoms with Gasteiger partial charge in [-0.25, -0.2) is 18.4 Å². The fourth-order valence-corrected chi connectivity index (χ4v) is 2.70. The number of urea groups is 1. The van der Waals surface area contributed by atoms with Crippen LogP contribution in [0.25, 0.3) is 0 Å². The van der Waals surface area contributed by atoms with Crippen LogP contribution in [0.1, 0.15) is 5.56 Å². The number of carbonyl (C=O) groups is 2. The zero-order valence-corrected chi connectivity index (χ0v) is 14.0. The van der Waals surface area contributed by atoms with Crippen molar-refractivity contribution < 1.29 is 18.0 Å². The molecule has 0 aliphatic carbocycles. The van der Waals surface area contributed by atoms with Crippen LogP contribution in [-0.4, -0.2) is 26.4 Å². The number of rotatable bonds is 6. The largest absolute Gasteiger partial charge is 0.352 e. The lowest BCUT2D eigenvalue weighted by atomic mass is 10.1. The van der Waals surface area contributed by atoms with Crippen molar-refractivity contribution in [2.24, 2.45) is 10.9 Å². The standard InChI is InChI=1S/C16H18N4O4S/c17-16(22)20-14(10-11-4-2-1-3-5-11)15(21)19-12-6-8-13(9-7-12)25(18,23)24/h1-9,14H,10H2,(H,19,21)(H3,17,20,22)(H2,18,23,24)/t14-/m0/s1. The average Bonchev–Trinajstić information content (AvgIpc) is 2.54. The molecule has 0 heterocycles. The maximum absolute atomic E-state index is 12.4.